The second kappa shape index (κ2) is 16.9. The Labute approximate surface area is 276 Å². The largest absolute Gasteiger partial charge is 0.0776 e. The molecule has 0 spiro atoms. The Balaban J connectivity index is 0.00000240. The average molecular weight is 595 g/mol. The van der Waals surface area contributed by atoms with Gasteiger partial charge in [-0.15, -0.1) is 0 Å². The quantitative estimate of drug-likeness (QED) is 0.146. The minimum absolute atomic E-state index is 0. The van der Waals surface area contributed by atoms with Gasteiger partial charge < -0.3 is 0 Å². The van der Waals surface area contributed by atoms with E-state index in [0.29, 0.717) is 0 Å². The number of hydrogen-bond donors (Lipinski definition) is 0. The van der Waals surface area contributed by atoms with Crippen molar-refractivity contribution in [3.63, 3.8) is 0 Å². The number of rotatable bonds is 9. The third-order valence-corrected chi connectivity index (χ3v) is 7.57. The van der Waals surface area contributed by atoms with Crippen molar-refractivity contribution in [2.45, 2.75) is 14.9 Å². The Morgan fingerprint density at radius 1 is 0.217 bits per heavy atom. The molecule has 0 aliphatic carbocycles. The molecule has 0 aromatic heterocycles. The van der Waals surface area contributed by atoms with Gasteiger partial charge >= 0.3 is 0 Å². The van der Waals surface area contributed by atoms with Crippen molar-refractivity contribution < 1.29 is 0 Å². The number of hydrogen-bond acceptors (Lipinski definition) is 0. The fourth-order valence-electron chi connectivity index (χ4n) is 5.07. The van der Waals surface area contributed by atoms with E-state index in [1.807, 2.05) is 12.1 Å². The topological polar surface area (TPSA) is 0 Å². The molecule has 0 heteroatoms. The Hall–Kier alpha value is -5.72. The monoisotopic (exact) mass is 594 g/mol. The van der Waals surface area contributed by atoms with Crippen molar-refractivity contribution in [2.24, 2.45) is 0 Å². The molecule has 0 atom stereocenters. The van der Waals surface area contributed by atoms with Gasteiger partial charge in [0.1, 0.15) is 0 Å². The zero-order valence-electron chi connectivity index (χ0n) is 24.6. The molecule has 0 amide bonds. The maximum absolute atomic E-state index is 2.20. The molecule has 0 fully saturated rings. The highest BCUT2D eigenvalue weighted by Gasteiger charge is 2.00. The smallest absolute Gasteiger partial charge is 0.0184 e. The Morgan fingerprint density at radius 2 is 0.457 bits per heavy atom. The van der Waals surface area contributed by atoms with Crippen LogP contribution < -0.4 is 0 Å². The van der Waals surface area contributed by atoms with Crippen molar-refractivity contribution in [3.8, 4) is 11.1 Å². The van der Waals surface area contributed by atoms with Crippen LogP contribution in [-0.2, 0) is 0 Å². The SMILES string of the molecule is C.C.C(=Cc1ccccc1C=Cc1ccc(-c2ccc(C=Cc3ccccc3C=Cc3ccccc3)cc2)cc1)c1ccccc1. The molecular formula is C46H42. The van der Waals surface area contributed by atoms with Crippen LogP contribution in [0.2, 0.25) is 0 Å². The van der Waals surface area contributed by atoms with Crippen molar-refractivity contribution in [1.29, 1.82) is 0 Å². The summed E-state index contributed by atoms with van der Waals surface area (Å²) in [6.45, 7) is 0. The van der Waals surface area contributed by atoms with E-state index in [0.717, 1.165) is 0 Å². The zero-order chi connectivity index (χ0) is 29.8. The molecule has 0 aliphatic heterocycles. The Bertz CT molecular complexity index is 1760. The van der Waals surface area contributed by atoms with Gasteiger partial charge in [0.15, 0.2) is 0 Å². The van der Waals surface area contributed by atoms with E-state index in [1.165, 1.54) is 55.6 Å². The minimum atomic E-state index is 0. The van der Waals surface area contributed by atoms with E-state index >= 15 is 0 Å². The predicted molar refractivity (Wildman–Crippen MR) is 207 cm³/mol. The summed E-state index contributed by atoms with van der Waals surface area (Å²) in [6.07, 6.45) is 17.4. The molecule has 0 aliphatic rings. The molecule has 0 radical (unpaired) electrons. The lowest BCUT2D eigenvalue weighted by molar-refractivity contribution is 1.58. The molecule has 0 bridgehead atoms. The van der Waals surface area contributed by atoms with Gasteiger partial charge in [0.25, 0.3) is 0 Å². The maximum Gasteiger partial charge on any atom is -0.0184 e. The predicted octanol–water partition coefficient (Wildman–Crippen LogP) is 13.3. The lowest BCUT2D eigenvalue weighted by atomic mass is 10.0. The van der Waals surface area contributed by atoms with Crippen LogP contribution >= 0.6 is 0 Å². The van der Waals surface area contributed by atoms with Gasteiger partial charge in [-0.1, -0.05) is 221 Å². The van der Waals surface area contributed by atoms with Crippen LogP contribution in [0.5, 0.6) is 0 Å². The van der Waals surface area contributed by atoms with Gasteiger partial charge in [-0.2, -0.15) is 0 Å². The van der Waals surface area contributed by atoms with Gasteiger partial charge in [-0.3, -0.25) is 0 Å². The van der Waals surface area contributed by atoms with Gasteiger partial charge in [0, 0.05) is 0 Å². The van der Waals surface area contributed by atoms with Gasteiger partial charge in [0.2, 0.25) is 0 Å². The molecule has 0 saturated carbocycles. The molecule has 6 aromatic carbocycles. The molecule has 0 N–H and O–H groups in total. The summed E-state index contributed by atoms with van der Waals surface area (Å²) in [4.78, 5) is 0. The third kappa shape index (κ3) is 9.14. The van der Waals surface area contributed by atoms with E-state index in [1.54, 1.807) is 0 Å². The highest BCUT2D eigenvalue weighted by atomic mass is 14.0. The summed E-state index contributed by atoms with van der Waals surface area (Å²) < 4.78 is 0. The molecule has 226 valence electrons. The van der Waals surface area contributed by atoms with E-state index in [2.05, 4.69) is 194 Å². The third-order valence-electron chi connectivity index (χ3n) is 7.57. The van der Waals surface area contributed by atoms with Crippen LogP contribution in [-0.4, -0.2) is 0 Å². The zero-order valence-corrected chi connectivity index (χ0v) is 24.6. The summed E-state index contributed by atoms with van der Waals surface area (Å²) in [7, 11) is 0. The van der Waals surface area contributed by atoms with E-state index in [9.17, 15) is 0 Å². The second-order valence-electron chi connectivity index (χ2n) is 10.7. The van der Waals surface area contributed by atoms with Crippen LogP contribution in [0.25, 0.3) is 59.7 Å². The highest BCUT2D eigenvalue weighted by Crippen LogP contribution is 2.23. The molecule has 0 heterocycles. The molecular weight excluding hydrogens is 553 g/mol. The lowest BCUT2D eigenvalue weighted by Gasteiger charge is -2.05. The van der Waals surface area contributed by atoms with E-state index in [-0.39, 0.29) is 14.9 Å². The van der Waals surface area contributed by atoms with E-state index in [4.69, 9.17) is 0 Å². The average Bonchev–Trinajstić information content (AvgIpc) is 3.10. The fourth-order valence-corrected chi connectivity index (χ4v) is 5.07. The van der Waals surface area contributed by atoms with Crippen molar-refractivity contribution in [2.75, 3.05) is 0 Å². The molecule has 6 aromatic rings. The molecule has 0 unspecified atom stereocenters. The summed E-state index contributed by atoms with van der Waals surface area (Å²) in [5.74, 6) is 0. The van der Waals surface area contributed by atoms with Crippen molar-refractivity contribution in [3.05, 3.63) is 202 Å². The molecule has 0 nitrogen and oxygen atoms in total. The molecule has 6 rings (SSSR count). The highest BCUT2D eigenvalue weighted by molar-refractivity contribution is 5.81. The second-order valence-corrected chi connectivity index (χ2v) is 10.7. The van der Waals surface area contributed by atoms with Gasteiger partial charge in [-0.05, 0) is 55.6 Å². The lowest BCUT2D eigenvalue weighted by Crippen LogP contribution is -1.82. The first-order valence-corrected chi connectivity index (χ1v) is 15.0. The van der Waals surface area contributed by atoms with E-state index < -0.39 is 0 Å². The van der Waals surface area contributed by atoms with Crippen molar-refractivity contribution >= 4 is 48.6 Å². The van der Waals surface area contributed by atoms with Crippen LogP contribution in [0.15, 0.2) is 158 Å². The Morgan fingerprint density at radius 3 is 0.739 bits per heavy atom. The Kier molecular flexibility index (Phi) is 12.2. The van der Waals surface area contributed by atoms with Crippen LogP contribution in [0.4, 0.5) is 0 Å². The van der Waals surface area contributed by atoms with Crippen molar-refractivity contribution in [1.82, 2.24) is 0 Å². The molecule has 46 heavy (non-hydrogen) atoms. The summed E-state index contributed by atoms with van der Waals surface area (Å²) in [6, 6.07) is 55.3. The van der Waals surface area contributed by atoms with Crippen LogP contribution in [0.3, 0.4) is 0 Å². The van der Waals surface area contributed by atoms with Gasteiger partial charge in [-0.25, -0.2) is 0 Å². The summed E-state index contributed by atoms with van der Waals surface area (Å²) >= 11 is 0. The number of benzene rings is 6. The fraction of sp³-hybridized carbons (Fsp3) is 0.0435. The first-order chi connectivity index (χ1) is 21.8. The summed E-state index contributed by atoms with van der Waals surface area (Å²) in [5.41, 5.74) is 12.0. The minimum Gasteiger partial charge on any atom is -0.0776 e. The summed E-state index contributed by atoms with van der Waals surface area (Å²) in [5, 5.41) is 0. The maximum atomic E-state index is 2.20. The first kappa shape index (κ1) is 33.2. The standard InChI is InChI=1S/C44H34.2CH4/c1-3-11-35(12-4-1)19-27-39-15-7-9-17-41(39)29-21-37-23-31-43(32-24-37)44-33-25-38(26-34-44)22-30-42-18-10-8-16-40(42)28-20-36-13-5-2-6-14-36;;/h1-34H;2*1H4. The van der Waals surface area contributed by atoms with Crippen LogP contribution in [0, 0.1) is 0 Å². The normalized spacial score (nSPS) is 11.2. The first-order valence-electron chi connectivity index (χ1n) is 15.0. The van der Waals surface area contributed by atoms with Gasteiger partial charge in [0.05, 0.1) is 0 Å². The molecule has 0 saturated heterocycles. The van der Waals surface area contributed by atoms with Crippen LogP contribution in [0.1, 0.15) is 59.4 Å².